The molecular formula is C44H58N8O6. The van der Waals surface area contributed by atoms with Crippen LogP contribution in [0.1, 0.15) is 104 Å². The Kier molecular flexibility index (Phi) is 13.9. The van der Waals surface area contributed by atoms with Gasteiger partial charge in [0.15, 0.2) is 0 Å². The maximum absolute atomic E-state index is 13.7. The van der Waals surface area contributed by atoms with Crippen LogP contribution in [0.3, 0.4) is 0 Å². The van der Waals surface area contributed by atoms with Crippen molar-refractivity contribution in [3.63, 3.8) is 0 Å². The molecule has 14 nitrogen and oxygen atoms in total. The van der Waals surface area contributed by atoms with Gasteiger partial charge in [-0.25, -0.2) is 19.6 Å². The third-order valence-corrected chi connectivity index (χ3v) is 10.9. The monoisotopic (exact) mass is 794 g/mol. The Morgan fingerprint density at radius 1 is 0.638 bits per heavy atom. The quantitative estimate of drug-likeness (QED) is 0.0944. The average molecular weight is 795 g/mol. The number of aromatic amines is 2. The number of H-pyrrole nitrogens is 2. The zero-order valence-electron chi connectivity index (χ0n) is 34.5. The van der Waals surface area contributed by atoms with Gasteiger partial charge in [0.1, 0.15) is 23.7 Å². The number of amides is 4. The molecule has 2 fully saturated rings. The second kappa shape index (κ2) is 19.2. The lowest BCUT2D eigenvalue weighted by molar-refractivity contribution is -0.136. The molecule has 4 amide bonds. The summed E-state index contributed by atoms with van der Waals surface area (Å²) >= 11 is 0. The number of nitrogens with one attached hydrogen (secondary N) is 4. The number of nitrogens with zero attached hydrogens (tertiary/aromatic N) is 4. The number of likely N-dealkylation sites (tertiary alicyclic amines) is 2. The number of imidazole rings is 2. The number of carbonyl (C=O) groups is 4. The summed E-state index contributed by atoms with van der Waals surface area (Å²) in [5.41, 5.74) is 5.80. The van der Waals surface area contributed by atoms with Crippen LogP contribution in [0.25, 0.3) is 33.6 Å². The highest BCUT2D eigenvalue weighted by Crippen LogP contribution is 2.35. The van der Waals surface area contributed by atoms with Gasteiger partial charge in [-0.2, -0.15) is 0 Å². The van der Waals surface area contributed by atoms with Crippen LogP contribution in [-0.2, 0) is 19.1 Å². The van der Waals surface area contributed by atoms with Gasteiger partial charge >= 0.3 is 12.2 Å². The molecule has 0 bridgehead atoms. The molecule has 0 radical (unpaired) electrons. The minimum atomic E-state index is -0.686. The normalized spacial score (nSPS) is 17.7. The van der Waals surface area contributed by atoms with Gasteiger partial charge in [0, 0.05) is 13.1 Å². The van der Waals surface area contributed by atoms with Gasteiger partial charge in [-0.05, 0) is 72.6 Å². The molecule has 310 valence electrons. The van der Waals surface area contributed by atoms with Crippen molar-refractivity contribution in [3.05, 3.63) is 72.6 Å². The van der Waals surface area contributed by atoms with E-state index in [4.69, 9.17) is 19.4 Å². The second-order valence-electron chi connectivity index (χ2n) is 15.9. The van der Waals surface area contributed by atoms with Gasteiger partial charge in [-0.1, -0.05) is 90.1 Å². The number of aromatic nitrogens is 4. The van der Waals surface area contributed by atoms with E-state index in [0.29, 0.717) is 39.1 Å². The Balaban J connectivity index is 1.09. The van der Waals surface area contributed by atoms with Crippen molar-refractivity contribution >= 4 is 24.0 Å². The fourth-order valence-corrected chi connectivity index (χ4v) is 7.73. The Morgan fingerprint density at radius 3 is 1.34 bits per heavy atom. The SMILES string of the molecule is CCCOC(=O)N[C@H](C(=O)N1CCCC1c1ncc(-c2ccc(-c3ccc(-c4cnc([C@@H]5CCCN5C(=O)[C@@H](NC(=O)OCCC)C(C)C)[nH]4)cc3)cc2)[nH]1)C(C)C. The van der Waals surface area contributed by atoms with Gasteiger partial charge in [-0.3, -0.25) is 9.59 Å². The third kappa shape index (κ3) is 9.71. The first-order valence-electron chi connectivity index (χ1n) is 20.8. The lowest BCUT2D eigenvalue weighted by Gasteiger charge is -2.30. The molecule has 4 heterocycles. The van der Waals surface area contributed by atoms with Crippen LogP contribution >= 0.6 is 0 Å². The van der Waals surface area contributed by atoms with Crippen molar-refractivity contribution in [2.45, 2.75) is 104 Å². The molecule has 2 aromatic carbocycles. The first-order chi connectivity index (χ1) is 28.0. The van der Waals surface area contributed by atoms with Crippen LogP contribution in [0.4, 0.5) is 9.59 Å². The minimum absolute atomic E-state index is 0.104. The van der Waals surface area contributed by atoms with Gasteiger partial charge in [0.2, 0.25) is 11.8 Å². The summed E-state index contributed by atoms with van der Waals surface area (Å²) < 4.78 is 10.4. The highest BCUT2D eigenvalue weighted by molar-refractivity contribution is 5.87. The van der Waals surface area contributed by atoms with Gasteiger partial charge in [0.25, 0.3) is 0 Å². The maximum atomic E-state index is 13.7. The molecule has 1 unspecified atom stereocenters. The van der Waals surface area contributed by atoms with Crippen molar-refractivity contribution in [2.75, 3.05) is 26.3 Å². The molecule has 0 spiro atoms. The molecule has 4 aromatic rings. The minimum Gasteiger partial charge on any atom is -0.450 e. The van der Waals surface area contributed by atoms with E-state index in [1.807, 2.05) is 63.7 Å². The van der Waals surface area contributed by atoms with E-state index in [9.17, 15) is 19.2 Å². The zero-order chi connectivity index (χ0) is 41.3. The van der Waals surface area contributed by atoms with Gasteiger partial charge in [-0.15, -0.1) is 0 Å². The van der Waals surface area contributed by atoms with Crippen molar-refractivity contribution < 1.29 is 28.7 Å². The summed E-state index contributed by atoms with van der Waals surface area (Å²) in [6.45, 7) is 13.3. The molecule has 2 aliphatic rings. The molecule has 2 saturated heterocycles. The fraction of sp³-hybridized carbons (Fsp3) is 0.500. The summed E-state index contributed by atoms with van der Waals surface area (Å²) in [5, 5.41) is 5.56. The molecule has 6 rings (SSSR count). The lowest BCUT2D eigenvalue weighted by Crippen LogP contribution is -2.51. The number of rotatable bonds is 15. The fourth-order valence-electron chi connectivity index (χ4n) is 7.73. The molecule has 2 aliphatic heterocycles. The first-order valence-corrected chi connectivity index (χ1v) is 20.8. The van der Waals surface area contributed by atoms with Gasteiger partial charge in [0.05, 0.1) is 49.1 Å². The highest BCUT2D eigenvalue weighted by atomic mass is 16.6. The highest BCUT2D eigenvalue weighted by Gasteiger charge is 2.39. The van der Waals surface area contributed by atoms with Crippen LogP contribution < -0.4 is 10.6 Å². The summed E-state index contributed by atoms with van der Waals surface area (Å²) in [4.78, 5) is 72.0. The van der Waals surface area contributed by atoms with E-state index >= 15 is 0 Å². The zero-order valence-corrected chi connectivity index (χ0v) is 34.5. The number of alkyl carbamates (subject to hydrolysis) is 2. The average Bonchev–Trinajstić information content (AvgIpc) is 4.07. The molecule has 14 heteroatoms. The topological polar surface area (TPSA) is 175 Å². The largest absolute Gasteiger partial charge is 0.450 e. The Labute approximate surface area is 340 Å². The van der Waals surface area contributed by atoms with Crippen LogP contribution in [-0.4, -0.2) is 92.1 Å². The number of ether oxygens (including phenoxy) is 2. The van der Waals surface area contributed by atoms with E-state index in [-0.39, 0.29) is 35.7 Å². The summed E-state index contributed by atoms with van der Waals surface area (Å²) in [6, 6.07) is 14.8. The number of benzene rings is 2. The van der Waals surface area contributed by atoms with Crippen molar-refractivity contribution in [2.24, 2.45) is 11.8 Å². The van der Waals surface area contributed by atoms with Crippen LogP contribution in [0.2, 0.25) is 0 Å². The van der Waals surface area contributed by atoms with Gasteiger partial charge < -0.3 is 39.9 Å². The number of carbonyl (C=O) groups excluding carboxylic acids is 4. The summed E-state index contributed by atoms with van der Waals surface area (Å²) in [6.07, 6.45) is 7.16. The molecule has 4 atom stereocenters. The van der Waals surface area contributed by atoms with Crippen molar-refractivity contribution in [1.82, 2.24) is 40.4 Å². The smallest absolute Gasteiger partial charge is 0.407 e. The van der Waals surface area contributed by atoms with Crippen molar-refractivity contribution in [3.8, 4) is 33.6 Å². The standard InChI is InChI=1S/C44H58N8O6/c1-7-23-57-43(55)49-37(27(3)4)41(53)51-21-9-11-35(51)39-45-25-33(47-39)31-17-13-29(14-18-31)30-15-19-32(20-16-30)34-26-46-40(48-34)36-12-10-22-52(36)42(54)38(28(5)6)50-44(56)58-24-8-2/h13-20,25-28,35-38H,7-12,21-24H2,1-6H3,(H,45,47)(H,46,48)(H,49,55)(H,50,56)/t35-,36?,37-,38-/m0/s1. The number of hydrogen-bond acceptors (Lipinski definition) is 8. The molecule has 58 heavy (non-hydrogen) atoms. The lowest BCUT2D eigenvalue weighted by atomic mass is 10.0. The predicted octanol–water partition coefficient (Wildman–Crippen LogP) is 7.78. The van der Waals surface area contributed by atoms with Crippen molar-refractivity contribution in [1.29, 1.82) is 0 Å². The Morgan fingerprint density at radius 2 is 1.00 bits per heavy atom. The van der Waals surface area contributed by atoms with Crippen LogP contribution in [0.15, 0.2) is 60.9 Å². The summed E-state index contributed by atoms with van der Waals surface area (Å²) in [7, 11) is 0. The number of hydrogen-bond donors (Lipinski definition) is 4. The van der Waals surface area contributed by atoms with E-state index in [0.717, 1.165) is 71.0 Å². The Hall–Kier alpha value is -5.66. The molecule has 0 aliphatic carbocycles. The third-order valence-electron chi connectivity index (χ3n) is 10.9. The summed E-state index contributed by atoms with van der Waals surface area (Å²) in [5.74, 6) is 0.992. The van der Waals surface area contributed by atoms with E-state index < -0.39 is 24.3 Å². The second-order valence-corrected chi connectivity index (χ2v) is 15.9. The van der Waals surface area contributed by atoms with E-state index in [1.54, 1.807) is 0 Å². The Bertz CT molecular complexity index is 1860. The van der Waals surface area contributed by atoms with Crippen LogP contribution in [0.5, 0.6) is 0 Å². The molecule has 2 aromatic heterocycles. The molecular weight excluding hydrogens is 737 g/mol. The van der Waals surface area contributed by atoms with E-state index in [2.05, 4.69) is 69.1 Å². The molecule has 0 saturated carbocycles. The van der Waals surface area contributed by atoms with Crippen LogP contribution in [0, 0.1) is 11.8 Å². The predicted molar refractivity (Wildman–Crippen MR) is 221 cm³/mol. The maximum Gasteiger partial charge on any atom is 0.407 e. The first kappa shape index (κ1) is 42.0. The van der Waals surface area contributed by atoms with E-state index in [1.165, 1.54) is 0 Å². The molecule has 4 N–H and O–H groups in total.